The first-order chi connectivity index (χ1) is 45.7. The molecule has 4 aliphatic rings. The van der Waals surface area contributed by atoms with E-state index >= 15 is 0 Å². The van der Waals surface area contributed by atoms with Crippen LogP contribution in [0.3, 0.4) is 0 Å². The Morgan fingerprint density at radius 1 is 0.293 bits per heavy atom. The normalized spacial score (nSPS) is 15.4. The average molecular weight is 1190 g/mol. The van der Waals surface area contributed by atoms with Gasteiger partial charge < -0.3 is 23.5 Å². The Bertz CT molecular complexity index is 5080. The van der Waals surface area contributed by atoms with Gasteiger partial charge in [0.05, 0.1) is 39.5 Å². The predicted molar refractivity (Wildman–Crippen MR) is 383 cm³/mol. The molecule has 0 amide bonds. The van der Waals surface area contributed by atoms with Crippen molar-refractivity contribution < 1.29 is 8.83 Å². The topological polar surface area (TPSA) is 36.0 Å². The SMILES string of the molecule is c1ccc(N2c3ccccc3C3(c4ccccc42)c2cc(N(c4ccccc4)c4cccc5c4oc4c(C6CCCCC6)cccc45)c4ccccc4c2-c2c3cc(N(c3ccccc3)c3cccc4c3oc3c(C5CCCCC5)cccc34)c3ccccc23)cc1. The molecule has 2 aromatic heterocycles. The number of nitrogens with zero attached hydrogens (tertiary/aromatic N) is 3. The largest absolute Gasteiger partial charge is 0.454 e. The van der Waals surface area contributed by atoms with Gasteiger partial charge in [-0.3, -0.25) is 0 Å². The molecule has 19 rings (SSSR count). The van der Waals surface area contributed by atoms with Gasteiger partial charge in [0.15, 0.2) is 11.2 Å². The van der Waals surface area contributed by atoms with Crippen molar-refractivity contribution in [3.05, 3.63) is 306 Å². The fraction of sp³-hybridized carbons (Fsp3) is 0.149. The molecule has 0 atom stereocenters. The molecular formula is C87H67N3O2. The van der Waals surface area contributed by atoms with Gasteiger partial charge in [0.1, 0.15) is 11.2 Å². The van der Waals surface area contributed by atoms with Crippen LogP contribution in [-0.4, -0.2) is 0 Å². The summed E-state index contributed by atoms with van der Waals surface area (Å²) >= 11 is 0. The Balaban J connectivity index is 0.935. The smallest absolute Gasteiger partial charge is 0.159 e. The maximum atomic E-state index is 7.48. The van der Waals surface area contributed by atoms with Gasteiger partial charge in [0.2, 0.25) is 0 Å². The van der Waals surface area contributed by atoms with E-state index in [4.69, 9.17) is 8.83 Å². The third-order valence-corrected chi connectivity index (χ3v) is 21.4. The van der Waals surface area contributed by atoms with Gasteiger partial charge in [-0.1, -0.05) is 239 Å². The summed E-state index contributed by atoms with van der Waals surface area (Å²) in [7, 11) is 0. The number of rotatable bonds is 9. The van der Waals surface area contributed by atoms with E-state index in [1.54, 1.807) is 0 Å². The molecule has 13 aromatic carbocycles. The third kappa shape index (κ3) is 7.84. The van der Waals surface area contributed by atoms with Crippen LogP contribution in [0.15, 0.2) is 282 Å². The van der Waals surface area contributed by atoms with Crippen molar-refractivity contribution in [2.45, 2.75) is 81.5 Å². The number of hydrogen-bond donors (Lipinski definition) is 0. The quantitative estimate of drug-likeness (QED) is 0.144. The number of hydrogen-bond acceptors (Lipinski definition) is 5. The molecule has 5 heteroatoms. The molecule has 442 valence electrons. The van der Waals surface area contributed by atoms with E-state index in [2.05, 4.69) is 288 Å². The van der Waals surface area contributed by atoms with E-state index < -0.39 is 5.41 Å². The number of anilines is 9. The summed E-state index contributed by atoms with van der Waals surface area (Å²) in [5.41, 5.74) is 22.7. The van der Waals surface area contributed by atoms with Gasteiger partial charge in [-0.15, -0.1) is 0 Å². The molecule has 2 fully saturated rings. The molecule has 0 radical (unpaired) electrons. The van der Waals surface area contributed by atoms with Crippen LogP contribution in [0.5, 0.6) is 0 Å². The third-order valence-electron chi connectivity index (χ3n) is 21.4. The minimum atomic E-state index is -0.883. The molecule has 0 N–H and O–H groups in total. The zero-order chi connectivity index (χ0) is 60.4. The maximum absolute atomic E-state index is 7.48. The Hall–Kier alpha value is -10.6. The lowest BCUT2D eigenvalue weighted by atomic mass is 9.64. The van der Waals surface area contributed by atoms with E-state index in [9.17, 15) is 0 Å². The second kappa shape index (κ2) is 21.3. The van der Waals surface area contributed by atoms with Crippen molar-refractivity contribution in [3.8, 4) is 11.1 Å². The monoisotopic (exact) mass is 1190 g/mol. The van der Waals surface area contributed by atoms with Crippen molar-refractivity contribution in [1.82, 2.24) is 0 Å². The Morgan fingerprint density at radius 3 is 1.10 bits per heavy atom. The number of furan rings is 2. The molecule has 0 bridgehead atoms. The molecule has 0 saturated heterocycles. The lowest BCUT2D eigenvalue weighted by molar-refractivity contribution is 0.442. The van der Waals surface area contributed by atoms with E-state index in [1.807, 2.05) is 0 Å². The van der Waals surface area contributed by atoms with Crippen LogP contribution in [0.25, 0.3) is 76.5 Å². The van der Waals surface area contributed by atoms with Crippen LogP contribution < -0.4 is 14.7 Å². The zero-order valence-corrected chi connectivity index (χ0v) is 51.4. The van der Waals surface area contributed by atoms with Crippen molar-refractivity contribution >= 4 is 117 Å². The van der Waals surface area contributed by atoms with Crippen molar-refractivity contribution in [1.29, 1.82) is 0 Å². The highest BCUT2D eigenvalue weighted by atomic mass is 16.3. The maximum Gasteiger partial charge on any atom is 0.159 e. The van der Waals surface area contributed by atoms with Crippen molar-refractivity contribution in [2.75, 3.05) is 14.7 Å². The number of para-hydroxylation sites is 9. The van der Waals surface area contributed by atoms with E-state index in [1.165, 1.54) is 130 Å². The second-order valence-corrected chi connectivity index (χ2v) is 26.2. The second-order valence-electron chi connectivity index (χ2n) is 26.2. The summed E-state index contributed by atoms with van der Waals surface area (Å²) in [5.74, 6) is 0.961. The molecule has 1 spiro atoms. The number of fused-ring (bicyclic) bond motifs is 19. The Kier molecular flexibility index (Phi) is 12.3. The van der Waals surface area contributed by atoms with Crippen LogP contribution in [-0.2, 0) is 5.41 Å². The summed E-state index contributed by atoms with van der Waals surface area (Å²) in [5, 5.41) is 9.30. The first kappa shape index (κ1) is 53.2. The molecule has 3 heterocycles. The summed E-state index contributed by atoms with van der Waals surface area (Å²) < 4.78 is 15.0. The first-order valence-corrected chi connectivity index (χ1v) is 33.5. The predicted octanol–water partition coefficient (Wildman–Crippen LogP) is 25.0. The van der Waals surface area contributed by atoms with Crippen LogP contribution in [0.4, 0.5) is 51.2 Å². The zero-order valence-electron chi connectivity index (χ0n) is 51.4. The molecule has 15 aromatic rings. The van der Waals surface area contributed by atoms with Crippen molar-refractivity contribution in [3.63, 3.8) is 0 Å². The highest BCUT2D eigenvalue weighted by molar-refractivity contribution is 6.21. The van der Waals surface area contributed by atoms with E-state index in [0.717, 1.165) is 95.1 Å². The fourth-order valence-electron chi connectivity index (χ4n) is 17.5. The summed E-state index contributed by atoms with van der Waals surface area (Å²) in [4.78, 5) is 7.52. The van der Waals surface area contributed by atoms with E-state index in [0.29, 0.717) is 11.8 Å². The van der Waals surface area contributed by atoms with Crippen LogP contribution >= 0.6 is 0 Å². The Morgan fingerprint density at radius 2 is 0.652 bits per heavy atom. The average Bonchev–Trinajstić information content (AvgIpc) is 1.46. The Labute approximate surface area is 536 Å². The van der Waals surface area contributed by atoms with Gasteiger partial charge in [0.25, 0.3) is 0 Å². The summed E-state index contributed by atoms with van der Waals surface area (Å²) in [6.07, 6.45) is 12.4. The standard InChI is InChI=1S/C87H67N3O2/c1-6-28-56(29-7-1)61-42-24-44-67-69-46-26-52-77(85(69)91-83(61)67)89(59-34-12-4-13-35-59)79-54-73-81(65-40-18-16-38-63(65)79)82-66-41-19-17-39-64(66)80(55-74(82)87(73)71-48-20-22-50-75(71)88(58-32-10-3-11-33-58)76-51-23-21-49-72(76)87)90(60-36-14-5-15-37-60)78-53-27-47-70-68-45-25-43-62(84(68)92-86(70)78)57-30-8-2-9-31-57/h3-5,10-27,32-57H,1-2,6-9,28-31H2. The summed E-state index contributed by atoms with van der Waals surface area (Å²) in [6, 6.07) is 102. The first-order valence-electron chi connectivity index (χ1n) is 33.5. The molecule has 92 heavy (non-hydrogen) atoms. The molecule has 1 aliphatic heterocycles. The minimum absolute atomic E-state index is 0.480. The van der Waals surface area contributed by atoms with Gasteiger partial charge in [0, 0.05) is 49.4 Å². The highest BCUT2D eigenvalue weighted by Crippen LogP contribution is 2.68. The van der Waals surface area contributed by atoms with Gasteiger partial charge in [-0.2, -0.15) is 0 Å². The molecule has 2 saturated carbocycles. The minimum Gasteiger partial charge on any atom is -0.454 e. The fourth-order valence-corrected chi connectivity index (χ4v) is 17.5. The molecule has 3 aliphatic carbocycles. The van der Waals surface area contributed by atoms with E-state index in [-0.39, 0.29) is 0 Å². The molecule has 5 nitrogen and oxygen atoms in total. The molecule has 0 unspecified atom stereocenters. The van der Waals surface area contributed by atoms with Gasteiger partial charge >= 0.3 is 0 Å². The van der Waals surface area contributed by atoms with Crippen molar-refractivity contribution in [2.24, 2.45) is 0 Å². The number of benzene rings is 13. The lowest BCUT2D eigenvalue weighted by Gasteiger charge is -2.45. The lowest BCUT2D eigenvalue weighted by Crippen LogP contribution is -2.36. The van der Waals surface area contributed by atoms with Crippen LogP contribution in [0, 0.1) is 0 Å². The molecular weight excluding hydrogens is 1120 g/mol. The highest BCUT2D eigenvalue weighted by Gasteiger charge is 2.54. The van der Waals surface area contributed by atoms with Crippen LogP contribution in [0.2, 0.25) is 0 Å². The summed E-state index contributed by atoms with van der Waals surface area (Å²) in [6.45, 7) is 0. The van der Waals surface area contributed by atoms with Crippen LogP contribution in [0.1, 0.15) is 109 Å². The van der Waals surface area contributed by atoms with Gasteiger partial charge in [-0.25, -0.2) is 0 Å². The van der Waals surface area contributed by atoms with Gasteiger partial charge in [-0.05, 0) is 166 Å².